The highest BCUT2D eigenvalue weighted by atomic mass is 19.1. The summed E-state index contributed by atoms with van der Waals surface area (Å²) in [5, 5.41) is 12.6. The molecule has 1 aliphatic rings. The minimum atomic E-state index is -1.03. The van der Waals surface area contributed by atoms with Crippen molar-refractivity contribution in [1.29, 1.82) is 0 Å². The highest BCUT2D eigenvalue weighted by Gasteiger charge is 2.31. The van der Waals surface area contributed by atoms with Crippen molar-refractivity contribution in [3.63, 3.8) is 0 Å². The molecule has 0 amide bonds. The van der Waals surface area contributed by atoms with Crippen molar-refractivity contribution >= 4 is 0 Å². The lowest BCUT2D eigenvalue weighted by Gasteiger charge is -2.32. The van der Waals surface area contributed by atoms with Crippen LogP contribution in [-0.2, 0) is 0 Å². The number of alkyl halides is 1. The van der Waals surface area contributed by atoms with E-state index in [9.17, 15) is 9.50 Å². The van der Waals surface area contributed by atoms with Gasteiger partial charge in [-0.2, -0.15) is 0 Å². The zero-order chi connectivity index (χ0) is 9.14. The quantitative estimate of drug-likeness (QED) is 0.661. The zero-order valence-corrected chi connectivity index (χ0v) is 7.76. The van der Waals surface area contributed by atoms with E-state index in [1.54, 1.807) is 0 Å². The maximum Gasteiger partial charge on any atom is 0.127 e. The first-order valence-electron chi connectivity index (χ1n) is 4.69. The lowest BCUT2D eigenvalue weighted by molar-refractivity contribution is 0.0142. The van der Waals surface area contributed by atoms with Crippen LogP contribution in [0, 0.1) is 0 Å². The summed E-state index contributed by atoms with van der Waals surface area (Å²) in [5.74, 6) is 0. The highest BCUT2D eigenvalue weighted by molar-refractivity contribution is 4.87. The summed E-state index contributed by atoms with van der Waals surface area (Å²) in [6, 6.07) is 0.267. The van der Waals surface area contributed by atoms with Gasteiger partial charge in [-0.1, -0.05) is 13.8 Å². The molecule has 0 saturated heterocycles. The highest BCUT2D eigenvalue weighted by Crippen LogP contribution is 2.21. The van der Waals surface area contributed by atoms with E-state index in [1.165, 1.54) is 0 Å². The van der Waals surface area contributed by atoms with Gasteiger partial charge < -0.3 is 10.4 Å². The Hall–Kier alpha value is -0.150. The van der Waals surface area contributed by atoms with E-state index >= 15 is 0 Å². The number of nitrogens with one attached hydrogen (secondary N) is 1. The SMILES string of the molecule is CC(C)N[C@H]1CCC[C@H](F)[C@H]1O. The molecule has 72 valence electrons. The van der Waals surface area contributed by atoms with E-state index in [4.69, 9.17) is 0 Å². The van der Waals surface area contributed by atoms with Gasteiger partial charge in [0.25, 0.3) is 0 Å². The fourth-order valence-corrected chi connectivity index (χ4v) is 1.74. The molecule has 1 fully saturated rings. The molecule has 1 aliphatic carbocycles. The van der Waals surface area contributed by atoms with Crippen LogP contribution in [-0.4, -0.2) is 29.5 Å². The van der Waals surface area contributed by atoms with Crippen LogP contribution in [0.2, 0.25) is 0 Å². The molecule has 0 heterocycles. The fourth-order valence-electron chi connectivity index (χ4n) is 1.74. The molecule has 0 radical (unpaired) electrons. The molecule has 2 N–H and O–H groups in total. The number of halogens is 1. The van der Waals surface area contributed by atoms with E-state index in [2.05, 4.69) is 5.32 Å². The largest absolute Gasteiger partial charge is 0.388 e. The molecule has 0 unspecified atom stereocenters. The molecule has 0 aromatic heterocycles. The Morgan fingerprint density at radius 2 is 2.08 bits per heavy atom. The van der Waals surface area contributed by atoms with Crippen LogP contribution in [0.3, 0.4) is 0 Å². The summed E-state index contributed by atoms with van der Waals surface area (Å²) in [7, 11) is 0. The smallest absolute Gasteiger partial charge is 0.127 e. The van der Waals surface area contributed by atoms with E-state index < -0.39 is 12.3 Å². The van der Waals surface area contributed by atoms with Gasteiger partial charge >= 0.3 is 0 Å². The van der Waals surface area contributed by atoms with Crippen molar-refractivity contribution in [2.24, 2.45) is 0 Å². The van der Waals surface area contributed by atoms with Crippen LogP contribution >= 0.6 is 0 Å². The first-order chi connectivity index (χ1) is 5.61. The van der Waals surface area contributed by atoms with Gasteiger partial charge in [0.2, 0.25) is 0 Å². The van der Waals surface area contributed by atoms with Crippen LogP contribution in [0.5, 0.6) is 0 Å². The predicted octanol–water partition coefficient (Wildman–Crippen LogP) is 1.24. The van der Waals surface area contributed by atoms with E-state index in [-0.39, 0.29) is 6.04 Å². The average Bonchev–Trinajstić information content (AvgIpc) is 1.98. The molecule has 0 aromatic carbocycles. The number of aliphatic hydroxyl groups is 1. The molecule has 12 heavy (non-hydrogen) atoms. The molecule has 1 saturated carbocycles. The third kappa shape index (κ3) is 2.42. The van der Waals surface area contributed by atoms with E-state index in [0.717, 1.165) is 12.8 Å². The Morgan fingerprint density at radius 3 is 2.67 bits per heavy atom. The molecule has 3 heteroatoms. The molecule has 0 bridgehead atoms. The second-order valence-corrected chi connectivity index (χ2v) is 3.87. The van der Waals surface area contributed by atoms with Gasteiger partial charge in [-0.05, 0) is 19.3 Å². The van der Waals surface area contributed by atoms with E-state index in [1.807, 2.05) is 13.8 Å². The molecular weight excluding hydrogens is 157 g/mol. The topological polar surface area (TPSA) is 32.3 Å². The molecule has 0 aliphatic heterocycles. The van der Waals surface area contributed by atoms with Crippen molar-refractivity contribution in [2.75, 3.05) is 0 Å². The third-order valence-corrected chi connectivity index (χ3v) is 2.33. The molecule has 3 atom stereocenters. The lowest BCUT2D eigenvalue weighted by atomic mass is 9.90. The van der Waals surface area contributed by atoms with E-state index in [0.29, 0.717) is 12.5 Å². The van der Waals surface area contributed by atoms with Crippen LogP contribution < -0.4 is 5.32 Å². The van der Waals surface area contributed by atoms with Gasteiger partial charge in [0.15, 0.2) is 0 Å². The van der Waals surface area contributed by atoms with Crippen molar-refractivity contribution in [2.45, 2.75) is 57.5 Å². The standard InChI is InChI=1S/C9H18FNO/c1-6(2)11-8-5-3-4-7(10)9(8)12/h6-9,11-12H,3-5H2,1-2H3/t7-,8-,9+/m0/s1. The summed E-state index contributed by atoms with van der Waals surface area (Å²) in [4.78, 5) is 0. The third-order valence-electron chi connectivity index (χ3n) is 2.33. The predicted molar refractivity (Wildman–Crippen MR) is 46.8 cm³/mol. The molecule has 1 rings (SSSR count). The number of hydrogen-bond donors (Lipinski definition) is 2. The van der Waals surface area contributed by atoms with Crippen LogP contribution in [0.15, 0.2) is 0 Å². The number of rotatable bonds is 2. The minimum absolute atomic E-state index is 0.0475. The van der Waals surface area contributed by atoms with Gasteiger partial charge in [-0.15, -0.1) is 0 Å². The van der Waals surface area contributed by atoms with Crippen molar-refractivity contribution in [3.05, 3.63) is 0 Å². The Morgan fingerprint density at radius 1 is 1.42 bits per heavy atom. The van der Waals surface area contributed by atoms with Gasteiger partial charge in [0, 0.05) is 12.1 Å². The molecular formula is C9H18FNO. The lowest BCUT2D eigenvalue weighted by Crippen LogP contribution is -2.49. The van der Waals surface area contributed by atoms with Crippen molar-refractivity contribution < 1.29 is 9.50 Å². The minimum Gasteiger partial charge on any atom is -0.388 e. The molecule has 0 spiro atoms. The Labute approximate surface area is 73.2 Å². The Kier molecular flexibility index (Phi) is 3.47. The second-order valence-electron chi connectivity index (χ2n) is 3.87. The first-order valence-corrected chi connectivity index (χ1v) is 4.69. The summed E-state index contributed by atoms with van der Waals surface area (Å²) in [5.41, 5.74) is 0. The maximum absolute atomic E-state index is 13.0. The fraction of sp³-hybridized carbons (Fsp3) is 1.00. The average molecular weight is 175 g/mol. The number of aliphatic hydroxyl groups excluding tert-OH is 1. The van der Waals surface area contributed by atoms with Gasteiger partial charge in [-0.3, -0.25) is 0 Å². The normalized spacial score (nSPS) is 37.2. The van der Waals surface area contributed by atoms with Crippen molar-refractivity contribution in [3.8, 4) is 0 Å². The summed E-state index contributed by atoms with van der Waals surface area (Å²) < 4.78 is 13.0. The first kappa shape index (κ1) is 9.93. The summed E-state index contributed by atoms with van der Waals surface area (Å²) in [6.07, 6.45) is 0.441. The van der Waals surface area contributed by atoms with Gasteiger partial charge in [-0.25, -0.2) is 4.39 Å². The number of hydrogen-bond acceptors (Lipinski definition) is 2. The maximum atomic E-state index is 13.0. The monoisotopic (exact) mass is 175 g/mol. The second kappa shape index (κ2) is 4.19. The van der Waals surface area contributed by atoms with Crippen LogP contribution in [0.4, 0.5) is 4.39 Å². The van der Waals surface area contributed by atoms with Crippen molar-refractivity contribution in [1.82, 2.24) is 5.32 Å². The van der Waals surface area contributed by atoms with Gasteiger partial charge in [0.1, 0.15) is 12.3 Å². The Balaban J connectivity index is 2.41. The molecule has 2 nitrogen and oxygen atoms in total. The van der Waals surface area contributed by atoms with Crippen LogP contribution in [0.25, 0.3) is 0 Å². The Bertz CT molecular complexity index is 140. The summed E-state index contributed by atoms with van der Waals surface area (Å²) >= 11 is 0. The van der Waals surface area contributed by atoms with Gasteiger partial charge in [0.05, 0.1) is 0 Å². The van der Waals surface area contributed by atoms with Crippen LogP contribution in [0.1, 0.15) is 33.1 Å². The molecule has 0 aromatic rings. The zero-order valence-electron chi connectivity index (χ0n) is 7.76. The summed E-state index contributed by atoms with van der Waals surface area (Å²) in [6.45, 7) is 4.02.